The van der Waals surface area contributed by atoms with E-state index in [2.05, 4.69) is 10.3 Å². The van der Waals surface area contributed by atoms with Crippen molar-refractivity contribution in [2.24, 2.45) is 0 Å². The number of nitrogens with one attached hydrogen (secondary N) is 1. The lowest BCUT2D eigenvalue weighted by molar-refractivity contribution is 0.168. The Kier molecular flexibility index (Phi) is 6.58. The van der Waals surface area contributed by atoms with Gasteiger partial charge in [-0.25, -0.2) is 9.78 Å². The van der Waals surface area contributed by atoms with Crippen LogP contribution in [0.1, 0.15) is 46.0 Å². The maximum atomic E-state index is 12.6. The van der Waals surface area contributed by atoms with E-state index in [-0.39, 0.29) is 17.6 Å². The van der Waals surface area contributed by atoms with Crippen molar-refractivity contribution in [2.75, 3.05) is 0 Å². The minimum atomic E-state index is -0.295. The summed E-state index contributed by atoms with van der Waals surface area (Å²) in [6, 6.07) is 5.39. The molecule has 2 aromatic rings. The molecule has 7 heteroatoms. The van der Waals surface area contributed by atoms with Gasteiger partial charge in [0, 0.05) is 34.0 Å². The molecule has 2 rings (SSSR count). The number of carbonyl (C=O) groups is 1. The fourth-order valence-electron chi connectivity index (χ4n) is 2.50. The highest BCUT2D eigenvalue weighted by molar-refractivity contribution is 6.35. The first kappa shape index (κ1) is 20.6. The second-order valence-electron chi connectivity index (χ2n) is 7.61. The molecule has 0 aliphatic carbocycles. The molecule has 1 N–H and O–H groups in total. The normalized spacial score (nSPS) is 11.7. The van der Waals surface area contributed by atoms with Crippen LogP contribution in [0.2, 0.25) is 10.0 Å². The Labute approximate surface area is 165 Å². The summed E-state index contributed by atoms with van der Waals surface area (Å²) in [5.74, 6) is 0.800. The van der Waals surface area contributed by atoms with Crippen LogP contribution in [-0.4, -0.2) is 32.1 Å². The lowest BCUT2D eigenvalue weighted by atomic mass is 10.1. The second-order valence-corrected chi connectivity index (χ2v) is 8.45. The van der Waals surface area contributed by atoms with Crippen molar-refractivity contribution in [3.63, 3.8) is 0 Å². The van der Waals surface area contributed by atoms with E-state index >= 15 is 0 Å². The van der Waals surface area contributed by atoms with Crippen molar-refractivity contribution in [3.8, 4) is 0 Å². The highest BCUT2D eigenvalue weighted by atomic mass is 35.5. The molecule has 5 nitrogen and oxygen atoms in total. The second kappa shape index (κ2) is 8.31. The summed E-state index contributed by atoms with van der Waals surface area (Å²) in [6.07, 6.45) is 3.62. The van der Waals surface area contributed by atoms with E-state index in [1.165, 1.54) is 0 Å². The molecule has 0 saturated heterocycles. The van der Waals surface area contributed by atoms with Gasteiger partial charge in [-0.15, -0.1) is 0 Å². The number of hydrogen-bond donors (Lipinski definition) is 1. The Hall–Kier alpha value is -1.72. The molecule has 26 heavy (non-hydrogen) atoms. The van der Waals surface area contributed by atoms with Crippen LogP contribution < -0.4 is 5.32 Å². The molecule has 0 atom stereocenters. The number of imidazole rings is 1. The van der Waals surface area contributed by atoms with E-state index in [9.17, 15) is 4.79 Å². The number of urea groups is 1. The Bertz CT molecular complexity index is 765. The summed E-state index contributed by atoms with van der Waals surface area (Å²) in [4.78, 5) is 18.8. The molecule has 0 saturated carbocycles. The number of halogens is 2. The molecule has 0 radical (unpaired) electrons. The van der Waals surface area contributed by atoms with Gasteiger partial charge in [0.05, 0.1) is 13.1 Å². The molecule has 1 aromatic heterocycles. The van der Waals surface area contributed by atoms with Gasteiger partial charge in [-0.05, 0) is 52.3 Å². The molecule has 0 unspecified atom stereocenters. The van der Waals surface area contributed by atoms with Crippen LogP contribution in [0.5, 0.6) is 0 Å². The van der Waals surface area contributed by atoms with Crippen molar-refractivity contribution in [1.82, 2.24) is 19.8 Å². The third-order valence-electron chi connectivity index (χ3n) is 3.84. The topological polar surface area (TPSA) is 50.2 Å². The predicted molar refractivity (Wildman–Crippen MR) is 107 cm³/mol. The van der Waals surface area contributed by atoms with Crippen LogP contribution in [0, 0.1) is 0 Å². The van der Waals surface area contributed by atoms with E-state index in [4.69, 9.17) is 23.2 Å². The highest BCUT2D eigenvalue weighted by Crippen LogP contribution is 2.22. The Morgan fingerprint density at radius 2 is 2.00 bits per heavy atom. The van der Waals surface area contributed by atoms with Crippen LogP contribution in [0.4, 0.5) is 4.79 Å². The zero-order valence-electron chi connectivity index (χ0n) is 15.9. The maximum Gasteiger partial charge on any atom is 0.318 e. The first-order valence-corrected chi connectivity index (χ1v) is 9.35. The highest BCUT2D eigenvalue weighted by Gasteiger charge is 2.23. The van der Waals surface area contributed by atoms with Crippen LogP contribution in [-0.2, 0) is 13.1 Å². The van der Waals surface area contributed by atoms with Crippen molar-refractivity contribution in [1.29, 1.82) is 0 Å². The van der Waals surface area contributed by atoms with Gasteiger partial charge in [-0.2, -0.15) is 0 Å². The molecule has 0 spiro atoms. The van der Waals surface area contributed by atoms with E-state index in [0.717, 1.165) is 11.4 Å². The van der Waals surface area contributed by atoms with Gasteiger partial charge >= 0.3 is 6.03 Å². The summed E-state index contributed by atoms with van der Waals surface area (Å²) in [5.41, 5.74) is 0.654. The fourth-order valence-corrected chi connectivity index (χ4v) is 2.97. The average Bonchev–Trinajstić information content (AvgIpc) is 2.92. The number of aromatic nitrogens is 2. The van der Waals surface area contributed by atoms with Crippen LogP contribution in [0.25, 0.3) is 0 Å². The van der Waals surface area contributed by atoms with Gasteiger partial charge in [0.2, 0.25) is 0 Å². The van der Waals surface area contributed by atoms with E-state index in [1.54, 1.807) is 17.2 Å². The van der Waals surface area contributed by atoms with Gasteiger partial charge in [0.1, 0.15) is 5.82 Å². The molecule has 1 aromatic carbocycles. The molecule has 0 aliphatic heterocycles. The van der Waals surface area contributed by atoms with Crippen molar-refractivity contribution >= 4 is 29.2 Å². The zero-order valence-corrected chi connectivity index (χ0v) is 17.4. The van der Waals surface area contributed by atoms with E-state index < -0.39 is 0 Å². The maximum absolute atomic E-state index is 12.6. The largest absolute Gasteiger partial charge is 0.333 e. The van der Waals surface area contributed by atoms with Crippen LogP contribution >= 0.6 is 23.2 Å². The molecule has 0 aliphatic rings. The quantitative estimate of drug-likeness (QED) is 0.776. The molecular weight excluding hydrogens is 371 g/mol. The van der Waals surface area contributed by atoms with Gasteiger partial charge in [0.25, 0.3) is 0 Å². The monoisotopic (exact) mass is 396 g/mol. The van der Waals surface area contributed by atoms with Gasteiger partial charge in [0.15, 0.2) is 0 Å². The first-order chi connectivity index (χ1) is 12.1. The van der Waals surface area contributed by atoms with Crippen LogP contribution in [0.15, 0.2) is 30.6 Å². The minimum Gasteiger partial charge on any atom is -0.333 e. The summed E-state index contributed by atoms with van der Waals surface area (Å²) in [6.45, 7) is 10.9. The van der Waals surface area contributed by atoms with Gasteiger partial charge in [-0.1, -0.05) is 29.3 Å². The fraction of sp³-hybridized carbons (Fsp3) is 0.474. The summed E-state index contributed by atoms with van der Waals surface area (Å²) in [7, 11) is 0. The van der Waals surface area contributed by atoms with E-state index in [0.29, 0.717) is 23.1 Å². The molecule has 0 fully saturated rings. The summed E-state index contributed by atoms with van der Waals surface area (Å²) < 4.78 is 1.99. The zero-order chi connectivity index (χ0) is 19.5. The van der Waals surface area contributed by atoms with Crippen molar-refractivity contribution < 1.29 is 4.79 Å². The number of rotatable bonds is 5. The van der Waals surface area contributed by atoms with Crippen molar-refractivity contribution in [3.05, 3.63) is 52.0 Å². The average molecular weight is 397 g/mol. The molecule has 0 bridgehead atoms. The number of nitrogens with zero attached hydrogens (tertiary/aromatic N) is 3. The lowest BCUT2D eigenvalue weighted by Crippen LogP contribution is -2.50. The van der Waals surface area contributed by atoms with Crippen LogP contribution in [0.3, 0.4) is 0 Å². The van der Waals surface area contributed by atoms with E-state index in [1.807, 2.05) is 57.5 Å². The number of hydrogen-bond acceptors (Lipinski definition) is 2. The Balaban J connectivity index is 2.19. The molecular formula is C19H26Cl2N4O. The third kappa shape index (κ3) is 5.64. The van der Waals surface area contributed by atoms with Crippen molar-refractivity contribution in [2.45, 2.75) is 59.3 Å². The third-order valence-corrected chi connectivity index (χ3v) is 4.42. The van der Waals surface area contributed by atoms with Gasteiger partial charge < -0.3 is 14.8 Å². The molecule has 2 amide bonds. The Morgan fingerprint density at radius 1 is 1.31 bits per heavy atom. The number of benzene rings is 1. The standard InChI is InChI=1S/C19H26Cl2N4O/c1-13(2)25(18(26)23-19(3,4)5)12-17-22-8-9-24(17)11-14-6-7-15(20)10-16(14)21/h6-10,13H,11-12H2,1-5H3,(H,23,26). The van der Waals surface area contributed by atoms with Gasteiger partial charge in [-0.3, -0.25) is 0 Å². The number of amides is 2. The predicted octanol–water partition coefficient (Wildman–Crippen LogP) is 4.96. The smallest absolute Gasteiger partial charge is 0.318 e. The first-order valence-electron chi connectivity index (χ1n) is 8.59. The molecule has 142 valence electrons. The summed E-state index contributed by atoms with van der Waals surface area (Å²) >= 11 is 12.3. The lowest BCUT2D eigenvalue weighted by Gasteiger charge is -2.31. The SMILES string of the molecule is CC(C)N(Cc1nccn1Cc1ccc(Cl)cc1Cl)C(=O)NC(C)(C)C. The Morgan fingerprint density at radius 3 is 2.58 bits per heavy atom. The minimum absolute atomic E-state index is 0.0432. The molecule has 1 heterocycles. The summed E-state index contributed by atoms with van der Waals surface area (Å²) in [5, 5.41) is 4.23. The number of carbonyl (C=O) groups excluding carboxylic acids is 1.